The number of hydrogen-bond donors (Lipinski definition) is 2. The standard InChI is InChI=1S/C28H42N2O5S/c1-21(2)24(15-23-11-12-27(34-4)28(16-23)35-14-8-13-33-3)17-25-18-29-19-26(25)30-36(31,32)20-22-9-6-5-7-10-22/h5-7,9-12,16,21,24-26,29-30H,8,13-15,17-20H2,1-4H3/t24-,25+,26+/m0/s1. The van der Waals surface area contributed by atoms with Gasteiger partial charge >= 0.3 is 0 Å². The molecule has 0 bridgehead atoms. The summed E-state index contributed by atoms with van der Waals surface area (Å²) in [6.07, 6.45) is 2.66. The average molecular weight is 519 g/mol. The van der Waals surface area contributed by atoms with Crippen LogP contribution in [0.4, 0.5) is 0 Å². The van der Waals surface area contributed by atoms with Gasteiger partial charge in [-0.3, -0.25) is 0 Å². The fourth-order valence-corrected chi connectivity index (χ4v) is 6.27. The highest BCUT2D eigenvalue weighted by Gasteiger charge is 2.33. The third-order valence-electron chi connectivity index (χ3n) is 6.89. The quantitative estimate of drug-likeness (QED) is 0.347. The maximum absolute atomic E-state index is 12.9. The number of methoxy groups -OCH3 is 2. The van der Waals surface area contributed by atoms with Gasteiger partial charge < -0.3 is 19.5 Å². The first-order chi connectivity index (χ1) is 17.3. The third kappa shape index (κ3) is 8.76. The number of benzene rings is 2. The summed E-state index contributed by atoms with van der Waals surface area (Å²) in [4.78, 5) is 0. The predicted molar refractivity (Wildman–Crippen MR) is 144 cm³/mol. The van der Waals surface area contributed by atoms with E-state index in [1.807, 2.05) is 36.4 Å². The molecule has 3 atom stereocenters. The van der Waals surface area contributed by atoms with Crippen molar-refractivity contribution in [1.82, 2.24) is 10.0 Å². The molecule has 2 N–H and O–H groups in total. The smallest absolute Gasteiger partial charge is 0.216 e. The predicted octanol–water partition coefficient (Wildman–Crippen LogP) is 4.02. The molecule has 0 saturated carbocycles. The van der Waals surface area contributed by atoms with Gasteiger partial charge in [-0.15, -0.1) is 0 Å². The Morgan fingerprint density at radius 2 is 1.78 bits per heavy atom. The topological polar surface area (TPSA) is 85.9 Å². The molecule has 8 heteroatoms. The Balaban J connectivity index is 1.64. The van der Waals surface area contributed by atoms with Crippen LogP contribution in [0.1, 0.15) is 37.8 Å². The van der Waals surface area contributed by atoms with Gasteiger partial charge in [-0.1, -0.05) is 50.2 Å². The summed E-state index contributed by atoms with van der Waals surface area (Å²) in [7, 11) is -0.0825. The molecule has 0 radical (unpaired) electrons. The lowest BCUT2D eigenvalue weighted by molar-refractivity contribution is 0.170. The van der Waals surface area contributed by atoms with E-state index in [0.29, 0.717) is 31.6 Å². The zero-order valence-corrected chi connectivity index (χ0v) is 22.9. The van der Waals surface area contributed by atoms with Gasteiger partial charge in [-0.05, 0) is 60.4 Å². The van der Waals surface area contributed by atoms with Crippen LogP contribution in [0.15, 0.2) is 48.5 Å². The SMILES string of the molecule is COCCCOc1cc(C[C@@H](C[C@@H]2CNC[C@H]2NS(=O)(=O)Cc2ccccc2)C(C)C)ccc1OC. The van der Waals surface area contributed by atoms with Crippen molar-refractivity contribution < 1.29 is 22.6 Å². The first kappa shape index (κ1) is 28.4. The lowest BCUT2D eigenvalue weighted by Crippen LogP contribution is -2.41. The van der Waals surface area contributed by atoms with Crippen molar-refractivity contribution in [1.29, 1.82) is 0 Å². The summed E-state index contributed by atoms with van der Waals surface area (Å²) in [5.74, 6) is 2.59. The van der Waals surface area contributed by atoms with E-state index < -0.39 is 10.0 Å². The second kappa shape index (κ2) is 14.0. The van der Waals surface area contributed by atoms with Crippen LogP contribution in [0.2, 0.25) is 0 Å². The second-order valence-corrected chi connectivity index (χ2v) is 11.8. The highest BCUT2D eigenvalue weighted by atomic mass is 32.2. The van der Waals surface area contributed by atoms with E-state index in [9.17, 15) is 8.42 Å². The first-order valence-corrected chi connectivity index (χ1v) is 14.5. The second-order valence-electron chi connectivity index (χ2n) is 10.0. The van der Waals surface area contributed by atoms with Crippen LogP contribution >= 0.6 is 0 Å². The fourth-order valence-electron chi connectivity index (χ4n) is 4.81. The molecule has 1 aliphatic rings. The van der Waals surface area contributed by atoms with Crippen molar-refractivity contribution in [3.8, 4) is 11.5 Å². The largest absolute Gasteiger partial charge is 0.493 e. The molecular formula is C28H42N2O5S. The van der Waals surface area contributed by atoms with Crippen LogP contribution in [0.5, 0.6) is 11.5 Å². The van der Waals surface area contributed by atoms with Crippen molar-refractivity contribution in [3.63, 3.8) is 0 Å². The zero-order chi connectivity index (χ0) is 26.0. The molecule has 2 aromatic rings. The minimum absolute atomic E-state index is 0.00365. The summed E-state index contributed by atoms with van der Waals surface area (Å²) in [5, 5.41) is 3.40. The summed E-state index contributed by atoms with van der Waals surface area (Å²) < 4.78 is 45.3. The van der Waals surface area contributed by atoms with E-state index in [-0.39, 0.29) is 17.7 Å². The van der Waals surface area contributed by atoms with Crippen LogP contribution in [0.25, 0.3) is 0 Å². The van der Waals surface area contributed by atoms with Gasteiger partial charge in [0, 0.05) is 32.7 Å². The Morgan fingerprint density at radius 1 is 1.00 bits per heavy atom. The van der Waals surface area contributed by atoms with Crippen LogP contribution < -0.4 is 19.5 Å². The molecule has 1 saturated heterocycles. The highest BCUT2D eigenvalue weighted by Crippen LogP contribution is 2.32. The van der Waals surface area contributed by atoms with Gasteiger partial charge in [0.1, 0.15) is 0 Å². The van der Waals surface area contributed by atoms with Crippen molar-refractivity contribution >= 4 is 10.0 Å². The molecule has 2 aromatic carbocycles. The minimum atomic E-state index is -3.42. The fraction of sp³-hybridized carbons (Fsp3) is 0.571. The van der Waals surface area contributed by atoms with Crippen LogP contribution in [-0.4, -0.2) is 55.0 Å². The van der Waals surface area contributed by atoms with Gasteiger partial charge in [-0.25, -0.2) is 13.1 Å². The van der Waals surface area contributed by atoms with Gasteiger partial charge in [0.15, 0.2) is 11.5 Å². The van der Waals surface area contributed by atoms with Crippen molar-refractivity contribution in [2.24, 2.45) is 17.8 Å². The van der Waals surface area contributed by atoms with E-state index in [4.69, 9.17) is 14.2 Å². The summed E-state index contributed by atoms with van der Waals surface area (Å²) in [6, 6.07) is 15.4. The summed E-state index contributed by atoms with van der Waals surface area (Å²) in [5.41, 5.74) is 2.00. The molecule has 200 valence electrons. The normalized spacial score (nSPS) is 18.9. The zero-order valence-electron chi connectivity index (χ0n) is 22.0. The van der Waals surface area contributed by atoms with Gasteiger partial charge in [0.2, 0.25) is 10.0 Å². The van der Waals surface area contributed by atoms with E-state index >= 15 is 0 Å². The van der Waals surface area contributed by atoms with Crippen molar-refractivity contribution in [2.75, 3.05) is 40.5 Å². The highest BCUT2D eigenvalue weighted by molar-refractivity contribution is 7.88. The molecule has 0 aliphatic carbocycles. The van der Waals surface area contributed by atoms with E-state index in [1.165, 1.54) is 5.56 Å². The van der Waals surface area contributed by atoms with E-state index in [1.54, 1.807) is 14.2 Å². The van der Waals surface area contributed by atoms with Gasteiger partial charge in [-0.2, -0.15) is 0 Å². The number of hydrogen-bond acceptors (Lipinski definition) is 6. The summed E-state index contributed by atoms with van der Waals surface area (Å²) in [6.45, 7) is 7.19. The Morgan fingerprint density at radius 3 is 2.47 bits per heavy atom. The van der Waals surface area contributed by atoms with Crippen molar-refractivity contribution in [3.05, 3.63) is 59.7 Å². The molecule has 1 aliphatic heterocycles. The minimum Gasteiger partial charge on any atom is -0.493 e. The average Bonchev–Trinajstić information content (AvgIpc) is 3.27. The van der Waals surface area contributed by atoms with Crippen LogP contribution in [0.3, 0.4) is 0 Å². The molecule has 0 unspecified atom stereocenters. The Bertz CT molecular complexity index is 1030. The maximum atomic E-state index is 12.9. The molecule has 1 heterocycles. The van der Waals surface area contributed by atoms with Crippen LogP contribution in [0, 0.1) is 17.8 Å². The summed E-state index contributed by atoms with van der Waals surface area (Å²) >= 11 is 0. The third-order valence-corrected chi connectivity index (χ3v) is 8.27. The Labute approximate surface area is 217 Å². The molecule has 1 fully saturated rings. The van der Waals surface area contributed by atoms with Gasteiger partial charge in [0.25, 0.3) is 0 Å². The van der Waals surface area contributed by atoms with Crippen molar-refractivity contribution in [2.45, 2.75) is 44.9 Å². The molecular weight excluding hydrogens is 476 g/mol. The monoisotopic (exact) mass is 518 g/mol. The molecule has 0 amide bonds. The number of sulfonamides is 1. The number of rotatable bonds is 15. The Kier molecular flexibility index (Phi) is 11.0. The first-order valence-electron chi connectivity index (χ1n) is 12.8. The molecule has 0 aromatic heterocycles. The maximum Gasteiger partial charge on any atom is 0.216 e. The molecule has 0 spiro atoms. The molecule has 7 nitrogen and oxygen atoms in total. The molecule has 36 heavy (non-hydrogen) atoms. The number of nitrogens with one attached hydrogen (secondary N) is 2. The van der Waals surface area contributed by atoms with Crippen LogP contribution in [-0.2, 0) is 26.9 Å². The van der Waals surface area contributed by atoms with E-state index in [2.05, 4.69) is 36.0 Å². The van der Waals surface area contributed by atoms with E-state index in [0.717, 1.165) is 42.9 Å². The Hall–Kier alpha value is -2.13. The van der Waals surface area contributed by atoms with Gasteiger partial charge in [0.05, 0.1) is 19.5 Å². The number of ether oxygens (including phenoxy) is 3. The molecule has 3 rings (SSSR count). The lowest BCUT2D eigenvalue weighted by atomic mass is 9.81. The lowest BCUT2D eigenvalue weighted by Gasteiger charge is -2.28.